The largest absolute Gasteiger partial charge is 0.379 e. The fourth-order valence-corrected chi connectivity index (χ4v) is 3.20. The van der Waals surface area contributed by atoms with Gasteiger partial charge >= 0.3 is 5.69 Å². The van der Waals surface area contributed by atoms with Crippen molar-refractivity contribution < 1.29 is 9.66 Å². The summed E-state index contributed by atoms with van der Waals surface area (Å²) in [4.78, 5) is 19.4. The van der Waals surface area contributed by atoms with E-state index in [9.17, 15) is 10.1 Å². The number of hydrazine groups is 1. The molecule has 2 aliphatic rings. The van der Waals surface area contributed by atoms with Crippen LogP contribution in [0.1, 0.15) is 43.7 Å². The molecule has 2 fully saturated rings. The summed E-state index contributed by atoms with van der Waals surface area (Å²) >= 11 is 0. The molecular formula is C14H22N6O3. The second kappa shape index (κ2) is 7.05. The summed E-state index contributed by atoms with van der Waals surface area (Å²) in [5.74, 6) is 0.344. The third-order valence-corrected chi connectivity index (χ3v) is 4.38. The molecule has 1 aliphatic heterocycles. The average molecular weight is 322 g/mol. The summed E-state index contributed by atoms with van der Waals surface area (Å²) < 4.78 is 5.29. The average Bonchev–Trinajstić information content (AvgIpc) is 2.55. The van der Waals surface area contributed by atoms with Crippen molar-refractivity contribution in [3.63, 3.8) is 0 Å². The van der Waals surface area contributed by atoms with Crippen LogP contribution in [0.15, 0.2) is 0 Å². The van der Waals surface area contributed by atoms with Crippen molar-refractivity contribution in [2.75, 3.05) is 37.5 Å². The molecule has 0 spiro atoms. The van der Waals surface area contributed by atoms with E-state index in [0.717, 1.165) is 25.7 Å². The van der Waals surface area contributed by atoms with Gasteiger partial charge in [-0.3, -0.25) is 15.5 Å². The first-order valence-electron chi connectivity index (χ1n) is 8.06. The highest BCUT2D eigenvalue weighted by atomic mass is 16.6. The highest BCUT2D eigenvalue weighted by molar-refractivity contribution is 5.59. The van der Waals surface area contributed by atoms with Crippen molar-refractivity contribution >= 4 is 17.5 Å². The van der Waals surface area contributed by atoms with Crippen molar-refractivity contribution in [2.45, 2.75) is 38.0 Å². The van der Waals surface area contributed by atoms with Gasteiger partial charge < -0.3 is 10.5 Å². The first-order valence-corrected chi connectivity index (χ1v) is 8.06. The van der Waals surface area contributed by atoms with E-state index in [-0.39, 0.29) is 17.4 Å². The Morgan fingerprint density at radius 3 is 2.57 bits per heavy atom. The number of anilines is 2. The normalized spacial score (nSPS) is 20.3. The molecule has 1 aromatic heterocycles. The number of ether oxygens (including phenoxy) is 1. The molecule has 0 radical (unpaired) electrons. The Kier molecular flexibility index (Phi) is 4.87. The molecule has 0 atom stereocenters. The molecule has 2 heterocycles. The second-order valence-electron chi connectivity index (χ2n) is 5.97. The number of hydrogen-bond donors (Lipinski definition) is 2. The van der Waals surface area contributed by atoms with Gasteiger partial charge in [0, 0.05) is 19.0 Å². The van der Waals surface area contributed by atoms with E-state index in [1.54, 1.807) is 0 Å². The van der Waals surface area contributed by atoms with Crippen LogP contribution in [0.5, 0.6) is 0 Å². The third-order valence-electron chi connectivity index (χ3n) is 4.38. The molecule has 23 heavy (non-hydrogen) atoms. The number of nitrogen functional groups attached to an aromatic ring is 1. The fraction of sp³-hybridized carbons (Fsp3) is 0.714. The van der Waals surface area contributed by atoms with Gasteiger partial charge in [0.15, 0.2) is 0 Å². The predicted octanol–water partition coefficient (Wildman–Crippen LogP) is 1.67. The molecule has 9 heteroatoms. The number of nitro groups is 1. The lowest BCUT2D eigenvalue weighted by Crippen LogP contribution is -2.40. The van der Waals surface area contributed by atoms with Gasteiger partial charge in [0.05, 0.1) is 18.1 Å². The van der Waals surface area contributed by atoms with Crippen molar-refractivity contribution in [1.29, 1.82) is 0 Å². The molecular weight excluding hydrogens is 300 g/mol. The molecule has 3 rings (SSSR count). The van der Waals surface area contributed by atoms with Crippen LogP contribution in [0.2, 0.25) is 0 Å². The van der Waals surface area contributed by atoms with Gasteiger partial charge in [0.25, 0.3) is 0 Å². The summed E-state index contributed by atoms with van der Waals surface area (Å²) in [5, 5.41) is 13.3. The van der Waals surface area contributed by atoms with Crippen LogP contribution in [0.25, 0.3) is 0 Å². The number of nitrogens with zero attached hydrogens (tertiary/aromatic N) is 4. The lowest BCUT2D eigenvalue weighted by atomic mass is 9.86. The first-order chi connectivity index (χ1) is 11.1. The van der Waals surface area contributed by atoms with Crippen LogP contribution in [0.4, 0.5) is 17.5 Å². The molecule has 0 aromatic carbocycles. The minimum atomic E-state index is -0.461. The number of nitrogens with two attached hydrogens (primary N) is 1. The van der Waals surface area contributed by atoms with Gasteiger partial charge in [-0.05, 0) is 12.8 Å². The molecule has 126 valence electrons. The zero-order chi connectivity index (χ0) is 16.2. The van der Waals surface area contributed by atoms with E-state index in [1.807, 2.05) is 5.01 Å². The number of hydrogen-bond acceptors (Lipinski definition) is 8. The first kappa shape index (κ1) is 15.9. The molecule has 0 amide bonds. The maximum Gasteiger partial charge on any atom is 0.332 e. The van der Waals surface area contributed by atoms with Gasteiger partial charge in [-0.15, -0.1) is 0 Å². The van der Waals surface area contributed by atoms with Gasteiger partial charge in [0.1, 0.15) is 5.69 Å². The minimum absolute atomic E-state index is 0.0682. The molecule has 0 unspecified atom stereocenters. The fourth-order valence-electron chi connectivity index (χ4n) is 3.20. The Bertz CT molecular complexity index is 570. The Balaban J connectivity index is 1.88. The summed E-state index contributed by atoms with van der Waals surface area (Å²) in [6, 6.07) is 0. The molecule has 1 saturated heterocycles. The van der Waals surface area contributed by atoms with Gasteiger partial charge in [0.2, 0.25) is 11.8 Å². The van der Waals surface area contributed by atoms with Gasteiger partial charge in [-0.25, -0.2) is 9.99 Å². The number of morpholine rings is 1. The van der Waals surface area contributed by atoms with Crippen LogP contribution >= 0.6 is 0 Å². The molecule has 3 N–H and O–H groups in total. The lowest BCUT2D eigenvalue weighted by molar-refractivity contribution is -0.385. The Labute approximate surface area is 134 Å². The van der Waals surface area contributed by atoms with Crippen molar-refractivity contribution in [3.8, 4) is 0 Å². The number of nitrogens with one attached hydrogen (secondary N) is 1. The zero-order valence-electron chi connectivity index (χ0n) is 13.0. The molecule has 9 nitrogen and oxygen atoms in total. The van der Waals surface area contributed by atoms with Crippen LogP contribution in [-0.2, 0) is 4.74 Å². The Morgan fingerprint density at radius 2 is 1.91 bits per heavy atom. The highest BCUT2D eigenvalue weighted by Gasteiger charge is 2.30. The van der Waals surface area contributed by atoms with Gasteiger partial charge in [-0.1, -0.05) is 19.3 Å². The molecule has 1 aliphatic carbocycles. The number of rotatable bonds is 4. The van der Waals surface area contributed by atoms with Gasteiger partial charge in [-0.2, -0.15) is 4.98 Å². The Morgan fingerprint density at radius 1 is 1.22 bits per heavy atom. The van der Waals surface area contributed by atoms with Crippen molar-refractivity contribution in [2.24, 2.45) is 0 Å². The third kappa shape index (κ3) is 3.67. The second-order valence-corrected chi connectivity index (χ2v) is 5.97. The maximum absolute atomic E-state index is 11.4. The minimum Gasteiger partial charge on any atom is -0.379 e. The van der Waals surface area contributed by atoms with E-state index in [4.69, 9.17) is 10.5 Å². The summed E-state index contributed by atoms with van der Waals surface area (Å²) in [6.07, 6.45) is 5.13. The smallest absolute Gasteiger partial charge is 0.332 e. The summed E-state index contributed by atoms with van der Waals surface area (Å²) in [6.45, 7) is 2.67. The van der Waals surface area contributed by atoms with E-state index in [2.05, 4.69) is 15.4 Å². The lowest BCUT2D eigenvalue weighted by Gasteiger charge is -2.27. The molecule has 0 bridgehead atoms. The number of aromatic nitrogens is 2. The predicted molar refractivity (Wildman–Crippen MR) is 84.9 cm³/mol. The Hall–Kier alpha value is -2.00. The topological polar surface area (TPSA) is 119 Å². The quantitative estimate of drug-likeness (QED) is 0.634. The molecule has 1 saturated carbocycles. The SMILES string of the molecule is Nc1nc(NN2CCOCC2)nc(C2CCCCC2)c1[N+](=O)[O-]. The van der Waals surface area contributed by atoms with E-state index >= 15 is 0 Å². The van der Waals surface area contributed by atoms with Crippen LogP contribution < -0.4 is 11.2 Å². The van der Waals surface area contributed by atoms with Crippen molar-refractivity contribution in [3.05, 3.63) is 15.8 Å². The molecule has 1 aromatic rings. The van der Waals surface area contributed by atoms with E-state index in [1.165, 1.54) is 6.42 Å². The monoisotopic (exact) mass is 322 g/mol. The summed E-state index contributed by atoms with van der Waals surface area (Å²) in [7, 11) is 0. The van der Waals surface area contributed by atoms with Crippen LogP contribution in [0.3, 0.4) is 0 Å². The van der Waals surface area contributed by atoms with Crippen LogP contribution in [-0.4, -0.2) is 46.2 Å². The zero-order valence-corrected chi connectivity index (χ0v) is 13.0. The van der Waals surface area contributed by atoms with Crippen molar-refractivity contribution in [1.82, 2.24) is 15.0 Å². The summed E-state index contributed by atoms with van der Waals surface area (Å²) in [5.41, 5.74) is 9.29. The maximum atomic E-state index is 11.4. The standard InChI is InChI=1S/C14H22N6O3/c15-13-12(20(21)22)11(10-4-2-1-3-5-10)16-14(17-13)18-19-6-8-23-9-7-19/h10H,1-9H2,(H3,15,16,17,18). The van der Waals surface area contributed by atoms with Crippen LogP contribution in [0, 0.1) is 10.1 Å². The highest BCUT2D eigenvalue weighted by Crippen LogP contribution is 2.38. The van der Waals surface area contributed by atoms with E-state index < -0.39 is 4.92 Å². The van der Waals surface area contributed by atoms with E-state index in [0.29, 0.717) is 37.9 Å².